The van der Waals surface area contributed by atoms with Gasteiger partial charge in [0.1, 0.15) is 11.9 Å². The fourth-order valence-electron chi connectivity index (χ4n) is 2.77. The van der Waals surface area contributed by atoms with Crippen molar-refractivity contribution in [2.24, 2.45) is 7.05 Å². The molecular weight excluding hydrogens is 287 g/mol. The molecule has 1 aromatic heterocycles. The van der Waals surface area contributed by atoms with Crippen molar-refractivity contribution >= 4 is 28.8 Å². The fraction of sp³-hybridized carbons (Fsp3) is 0.400. The standard InChI is InChI=1S/C15H17FN4O2/c1-19-11(4-3-5-13(19)21)14(22)18-15-17-10-7-6-9(16)8-12(10)20(15)2/h6-8,11H,3-5H2,1-2H3,(H,17,18,22). The normalized spacial score (nSPS) is 18.8. The Balaban J connectivity index is 1.85. The van der Waals surface area contributed by atoms with Gasteiger partial charge in [-0.1, -0.05) is 0 Å². The lowest BCUT2D eigenvalue weighted by Gasteiger charge is -2.31. The summed E-state index contributed by atoms with van der Waals surface area (Å²) in [6, 6.07) is 3.78. The van der Waals surface area contributed by atoms with Gasteiger partial charge < -0.3 is 9.47 Å². The summed E-state index contributed by atoms with van der Waals surface area (Å²) in [4.78, 5) is 29.8. The van der Waals surface area contributed by atoms with Crippen molar-refractivity contribution in [1.29, 1.82) is 0 Å². The molecule has 1 aromatic carbocycles. The van der Waals surface area contributed by atoms with Gasteiger partial charge in [-0.25, -0.2) is 9.37 Å². The van der Waals surface area contributed by atoms with Crippen molar-refractivity contribution in [2.45, 2.75) is 25.3 Å². The van der Waals surface area contributed by atoms with Crippen LogP contribution in [0.15, 0.2) is 18.2 Å². The largest absolute Gasteiger partial charge is 0.334 e. The lowest BCUT2D eigenvalue weighted by Crippen LogP contribution is -2.47. The monoisotopic (exact) mass is 304 g/mol. The number of amides is 2. The number of nitrogens with one attached hydrogen (secondary N) is 1. The molecule has 0 aliphatic carbocycles. The maximum Gasteiger partial charge on any atom is 0.249 e. The number of benzene rings is 1. The molecule has 0 saturated carbocycles. The van der Waals surface area contributed by atoms with Gasteiger partial charge >= 0.3 is 0 Å². The summed E-state index contributed by atoms with van der Waals surface area (Å²) in [5.41, 5.74) is 1.20. The van der Waals surface area contributed by atoms with E-state index in [0.717, 1.165) is 0 Å². The third kappa shape index (κ3) is 2.43. The van der Waals surface area contributed by atoms with E-state index in [1.54, 1.807) is 24.7 Å². The number of rotatable bonds is 2. The molecule has 1 aliphatic heterocycles. The highest BCUT2D eigenvalue weighted by molar-refractivity contribution is 5.97. The Bertz CT molecular complexity index is 755. The van der Waals surface area contributed by atoms with Gasteiger partial charge in [0.05, 0.1) is 11.0 Å². The van der Waals surface area contributed by atoms with Gasteiger partial charge in [0.2, 0.25) is 17.8 Å². The summed E-state index contributed by atoms with van der Waals surface area (Å²) in [5, 5.41) is 2.74. The van der Waals surface area contributed by atoms with Crippen LogP contribution in [0.1, 0.15) is 19.3 Å². The Morgan fingerprint density at radius 3 is 2.95 bits per heavy atom. The van der Waals surface area contributed by atoms with Gasteiger partial charge in [0.15, 0.2) is 0 Å². The molecule has 6 nitrogen and oxygen atoms in total. The molecule has 2 amide bonds. The van der Waals surface area contributed by atoms with Crippen LogP contribution in [0.5, 0.6) is 0 Å². The van der Waals surface area contributed by atoms with E-state index < -0.39 is 6.04 Å². The summed E-state index contributed by atoms with van der Waals surface area (Å²) >= 11 is 0. The minimum absolute atomic E-state index is 0.0292. The zero-order valence-electron chi connectivity index (χ0n) is 12.5. The molecular formula is C15H17FN4O2. The quantitative estimate of drug-likeness (QED) is 0.917. The molecule has 7 heteroatoms. The number of anilines is 1. The first-order valence-electron chi connectivity index (χ1n) is 7.16. The molecule has 2 heterocycles. The first-order chi connectivity index (χ1) is 10.5. The molecule has 0 bridgehead atoms. The number of fused-ring (bicyclic) bond motifs is 1. The van der Waals surface area contributed by atoms with Crippen LogP contribution in [0.3, 0.4) is 0 Å². The van der Waals surface area contributed by atoms with Crippen LogP contribution < -0.4 is 5.32 Å². The number of aromatic nitrogens is 2. The Labute approximate surface area is 126 Å². The number of likely N-dealkylation sites (N-methyl/N-ethyl adjacent to an activating group) is 1. The van der Waals surface area contributed by atoms with E-state index in [1.165, 1.54) is 17.0 Å². The fourth-order valence-corrected chi connectivity index (χ4v) is 2.77. The summed E-state index contributed by atoms with van der Waals surface area (Å²) in [6.07, 6.45) is 1.81. The average Bonchev–Trinajstić information content (AvgIpc) is 2.78. The molecule has 0 radical (unpaired) electrons. The zero-order chi connectivity index (χ0) is 15.9. The average molecular weight is 304 g/mol. The zero-order valence-corrected chi connectivity index (χ0v) is 12.5. The van der Waals surface area contributed by atoms with E-state index in [9.17, 15) is 14.0 Å². The number of hydrogen-bond donors (Lipinski definition) is 1. The number of nitrogens with zero attached hydrogens (tertiary/aromatic N) is 3. The molecule has 1 N–H and O–H groups in total. The number of halogens is 1. The van der Waals surface area contributed by atoms with Crippen molar-refractivity contribution in [2.75, 3.05) is 12.4 Å². The molecule has 22 heavy (non-hydrogen) atoms. The first-order valence-corrected chi connectivity index (χ1v) is 7.16. The Morgan fingerprint density at radius 2 is 2.18 bits per heavy atom. The lowest BCUT2D eigenvalue weighted by atomic mass is 10.0. The predicted octanol–water partition coefficient (Wildman–Crippen LogP) is 1.66. The number of aryl methyl sites for hydroxylation is 1. The second-order valence-electron chi connectivity index (χ2n) is 5.53. The highest BCUT2D eigenvalue weighted by Crippen LogP contribution is 2.21. The van der Waals surface area contributed by atoms with Crippen molar-refractivity contribution in [1.82, 2.24) is 14.5 Å². The van der Waals surface area contributed by atoms with E-state index in [2.05, 4.69) is 10.3 Å². The number of piperidine rings is 1. The van der Waals surface area contributed by atoms with E-state index in [1.807, 2.05) is 0 Å². The first kappa shape index (κ1) is 14.5. The van der Waals surface area contributed by atoms with Crippen LogP contribution in [-0.4, -0.2) is 39.4 Å². The summed E-state index contributed by atoms with van der Waals surface area (Å²) in [5.74, 6) is -0.309. The van der Waals surface area contributed by atoms with Crippen molar-refractivity contribution in [3.05, 3.63) is 24.0 Å². The Morgan fingerprint density at radius 1 is 1.41 bits per heavy atom. The molecule has 1 unspecified atom stereocenters. The molecule has 1 fully saturated rings. The van der Waals surface area contributed by atoms with Gasteiger partial charge in [-0.05, 0) is 31.0 Å². The van der Waals surface area contributed by atoms with Gasteiger partial charge in [-0.2, -0.15) is 0 Å². The Hall–Kier alpha value is -2.44. The molecule has 1 atom stereocenters. The molecule has 0 spiro atoms. The minimum atomic E-state index is -0.488. The molecule has 116 valence electrons. The predicted molar refractivity (Wildman–Crippen MR) is 79.7 cm³/mol. The third-order valence-corrected chi connectivity index (χ3v) is 4.11. The Kier molecular flexibility index (Phi) is 3.56. The van der Waals surface area contributed by atoms with Crippen molar-refractivity contribution in [3.8, 4) is 0 Å². The number of hydrogen-bond acceptors (Lipinski definition) is 3. The van der Waals surface area contributed by atoms with Crippen molar-refractivity contribution in [3.63, 3.8) is 0 Å². The topological polar surface area (TPSA) is 67.2 Å². The van der Waals surface area contributed by atoms with Gasteiger partial charge in [-0.15, -0.1) is 0 Å². The van der Waals surface area contributed by atoms with Crippen LogP contribution in [0, 0.1) is 5.82 Å². The van der Waals surface area contributed by atoms with Crippen LogP contribution in [0.25, 0.3) is 11.0 Å². The molecule has 1 saturated heterocycles. The van der Waals surface area contributed by atoms with Crippen LogP contribution >= 0.6 is 0 Å². The van der Waals surface area contributed by atoms with Crippen LogP contribution in [0.4, 0.5) is 10.3 Å². The summed E-state index contributed by atoms with van der Waals surface area (Å²) in [6.45, 7) is 0. The van der Waals surface area contributed by atoms with Crippen LogP contribution in [-0.2, 0) is 16.6 Å². The lowest BCUT2D eigenvalue weighted by molar-refractivity contribution is -0.140. The second-order valence-corrected chi connectivity index (χ2v) is 5.53. The van der Waals surface area contributed by atoms with Crippen molar-refractivity contribution < 1.29 is 14.0 Å². The molecule has 2 aromatic rings. The number of imidazole rings is 1. The second kappa shape index (κ2) is 5.40. The molecule has 1 aliphatic rings. The SMILES string of the molecule is CN1C(=O)CCCC1C(=O)Nc1nc2ccc(F)cc2n1C. The number of carbonyl (C=O) groups excluding carboxylic acids is 2. The van der Waals surface area contributed by atoms with E-state index in [-0.39, 0.29) is 17.6 Å². The van der Waals surface area contributed by atoms with E-state index in [4.69, 9.17) is 0 Å². The van der Waals surface area contributed by atoms with Gasteiger partial charge in [0.25, 0.3) is 0 Å². The van der Waals surface area contributed by atoms with Gasteiger partial charge in [-0.3, -0.25) is 14.9 Å². The highest BCUT2D eigenvalue weighted by atomic mass is 19.1. The van der Waals surface area contributed by atoms with E-state index >= 15 is 0 Å². The maximum absolute atomic E-state index is 13.3. The number of carbonyl (C=O) groups is 2. The van der Waals surface area contributed by atoms with E-state index in [0.29, 0.717) is 36.2 Å². The smallest absolute Gasteiger partial charge is 0.249 e. The molecule has 3 rings (SSSR count). The number of likely N-dealkylation sites (tertiary alicyclic amines) is 1. The minimum Gasteiger partial charge on any atom is -0.334 e. The summed E-state index contributed by atoms with van der Waals surface area (Å²) in [7, 11) is 3.34. The van der Waals surface area contributed by atoms with Gasteiger partial charge in [0, 0.05) is 20.5 Å². The van der Waals surface area contributed by atoms with Crippen LogP contribution in [0.2, 0.25) is 0 Å². The third-order valence-electron chi connectivity index (χ3n) is 4.11. The maximum atomic E-state index is 13.3. The summed E-state index contributed by atoms with van der Waals surface area (Å²) < 4.78 is 14.9. The highest BCUT2D eigenvalue weighted by Gasteiger charge is 2.31.